The molecule has 3 aliphatic rings. The highest BCUT2D eigenvalue weighted by atomic mass is 32.2. The molecule has 3 N–H and O–H groups in total. The Morgan fingerprint density at radius 3 is 2.44 bits per heavy atom. The fourth-order valence-corrected chi connectivity index (χ4v) is 8.37. The number of carbonyl (C=O) groups excluding carboxylic acids is 4. The lowest BCUT2D eigenvalue weighted by molar-refractivity contribution is -0.142. The molecule has 2 aliphatic carbocycles. The molecule has 5 atom stereocenters. The van der Waals surface area contributed by atoms with Gasteiger partial charge in [0.1, 0.15) is 42.7 Å². The number of aromatic nitrogens is 2. The molecule has 1 aromatic carbocycles. The van der Waals surface area contributed by atoms with Gasteiger partial charge in [-0.05, 0) is 48.3 Å². The Bertz CT molecular complexity index is 1980. The summed E-state index contributed by atoms with van der Waals surface area (Å²) in [6.07, 6.45) is 0.600. The number of likely N-dealkylation sites (tertiary alicyclic amines) is 1. The van der Waals surface area contributed by atoms with E-state index in [1.54, 1.807) is 26.8 Å². The lowest BCUT2D eigenvalue weighted by atomic mass is 9.85. The number of fused-ring (bicyclic) bond motifs is 1. The standard InChI is InChI=1S/C35H41FN6O8S2/c1-5-20-18-35(20,32(45)41-52(47,48)22-12-13-22)40-29(43)25-17-21(19-42(25)31(44)28(34(2,3)4)39-33(46)49-15-14-36)50-30-27(26-11-8-16-51-26)37-23-9-6-7-10-24(23)38-30/h5-11,16,20-22,25,28H,1,12-15,17-19H2,2-4H3,(H,39,46)(H,40,43)(H,41,45)/t20-,21-,25+,28-,35?/m1/s1. The summed E-state index contributed by atoms with van der Waals surface area (Å²) >= 11 is 1.44. The second kappa shape index (κ2) is 14.4. The number of ether oxygens (including phenoxy) is 2. The molecule has 6 rings (SSSR count). The van der Waals surface area contributed by atoms with Crippen LogP contribution in [-0.2, 0) is 29.1 Å². The summed E-state index contributed by atoms with van der Waals surface area (Å²) in [6, 6.07) is 8.57. The van der Waals surface area contributed by atoms with Gasteiger partial charge in [-0.3, -0.25) is 19.1 Å². The van der Waals surface area contributed by atoms with Gasteiger partial charge in [0, 0.05) is 12.3 Å². The molecule has 3 fully saturated rings. The maximum atomic E-state index is 14.4. The number of hydrogen-bond donors (Lipinski definition) is 3. The van der Waals surface area contributed by atoms with Gasteiger partial charge in [-0.1, -0.05) is 45.0 Å². The van der Waals surface area contributed by atoms with E-state index >= 15 is 0 Å². The Morgan fingerprint density at radius 1 is 1.13 bits per heavy atom. The number of carbonyl (C=O) groups is 4. The summed E-state index contributed by atoms with van der Waals surface area (Å²) in [5.41, 5.74) is -0.803. The predicted molar refractivity (Wildman–Crippen MR) is 190 cm³/mol. The van der Waals surface area contributed by atoms with Crippen molar-refractivity contribution in [3.63, 3.8) is 0 Å². The second-order valence-corrected chi connectivity index (χ2v) is 17.2. The van der Waals surface area contributed by atoms with Crippen LogP contribution >= 0.6 is 11.3 Å². The van der Waals surface area contributed by atoms with E-state index in [1.165, 1.54) is 22.3 Å². The molecule has 0 bridgehead atoms. The maximum Gasteiger partial charge on any atom is 0.407 e. The Labute approximate surface area is 304 Å². The molecule has 278 valence electrons. The van der Waals surface area contributed by atoms with Crippen LogP contribution in [0.3, 0.4) is 0 Å². The van der Waals surface area contributed by atoms with E-state index in [9.17, 15) is 32.0 Å². The first kappa shape index (κ1) is 37.1. The van der Waals surface area contributed by atoms with Crippen molar-refractivity contribution >= 4 is 56.2 Å². The number of nitrogens with zero attached hydrogens (tertiary/aromatic N) is 3. The third kappa shape index (κ3) is 7.74. The largest absolute Gasteiger partial charge is 0.471 e. The molecule has 1 aliphatic heterocycles. The van der Waals surface area contributed by atoms with Gasteiger partial charge < -0.3 is 25.0 Å². The number of nitrogens with one attached hydrogen (secondary N) is 3. The molecular formula is C35H41FN6O8S2. The molecule has 4 amide bonds. The monoisotopic (exact) mass is 756 g/mol. The zero-order chi connectivity index (χ0) is 37.4. The summed E-state index contributed by atoms with van der Waals surface area (Å²) in [7, 11) is -3.93. The molecule has 0 spiro atoms. The van der Waals surface area contributed by atoms with E-state index in [0.717, 1.165) is 4.88 Å². The number of alkyl carbamates (subject to hydrolysis) is 1. The minimum absolute atomic E-state index is 0.0457. The van der Waals surface area contributed by atoms with Gasteiger partial charge in [0.2, 0.25) is 27.7 Å². The third-order valence-corrected chi connectivity index (χ3v) is 12.0. The Morgan fingerprint density at radius 2 is 1.85 bits per heavy atom. The SMILES string of the molecule is C=C[C@@H]1CC1(NC(=O)[C@@H]1C[C@@H](Oc2nc3ccccc3nc2-c2cccs2)CN1C(=O)[C@@H](NC(=O)OCCF)C(C)(C)C)C(=O)NS(=O)(=O)C1CC1. The summed E-state index contributed by atoms with van der Waals surface area (Å²) in [5, 5.41) is 6.49. The van der Waals surface area contributed by atoms with Gasteiger partial charge in [-0.25, -0.2) is 27.6 Å². The molecule has 2 saturated carbocycles. The quantitative estimate of drug-likeness (QED) is 0.218. The summed E-state index contributed by atoms with van der Waals surface area (Å²) in [6.45, 7) is 7.33. The maximum absolute atomic E-state index is 14.4. The number of sulfonamides is 1. The lowest BCUT2D eigenvalue weighted by Crippen LogP contribution is -2.60. The first-order valence-corrected chi connectivity index (χ1v) is 19.4. The van der Waals surface area contributed by atoms with E-state index in [0.29, 0.717) is 29.6 Å². The van der Waals surface area contributed by atoms with Crippen molar-refractivity contribution < 1.29 is 41.5 Å². The van der Waals surface area contributed by atoms with Crippen molar-refractivity contribution in [2.24, 2.45) is 11.3 Å². The Balaban J connectivity index is 1.31. The molecule has 0 radical (unpaired) electrons. The number of para-hydroxylation sites is 2. The van der Waals surface area contributed by atoms with Crippen LogP contribution < -0.4 is 20.1 Å². The van der Waals surface area contributed by atoms with Crippen molar-refractivity contribution in [2.75, 3.05) is 19.8 Å². The van der Waals surface area contributed by atoms with Gasteiger partial charge in [-0.15, -0.1) is 17.9 Å². The van der Waals surface area contributed by atoms with Crippen LogP contribution in [0.5, 0.6) is 5.88 Å². The van der Waals surface area contributed by atoms with Gasteiger partial charge in [0.05, 0.1) is 27.7 Å². The fourth-order valence-electron chi connectivity index (χ4n) is 6.30. The van der Waals surface area contributed by atoms with E-state index < -0.39 is 87.4 Å². The van der Waals surface area contributed by atoms with Gasteiger partial charge in [0.15, 0.2) is 0 Å². The molecule has 3 heterocycles. The zero-order valence-corrected chi connectivity index (χ0v) is 30.6. The van der Waals surface area contributed by atoms with Crippen LogP contribution in [-0.4, -0.2) is 95.9 Å². The Hall–Kier alpha value is -4.64. The number of benzene rings is 1. The molecule has 52 heavy (non-hydrogen) atoms. The number of hydrogen-bond acceptors (Lipinski definition) is 11. The zero-order valence-electron chi connectivity index (χ0n) is 29.0. The number of thiophene rings is 1. The summed E-state index contributed by atoms with van der Waals surface area (Å²) < 4.78 is 51.6. The highest BCUT2D eigenvalue weighted by molar-refractivity contribution is 7.91. The highest BCUT2D eigenvalue weighted by Gasteiger charge is 2.62. The molecule has 14 nitrogen and oxygen atoms in total. The molecule has 3 aromatic rings. The van der Waals surface area contributed by atoms with Crippen LogP contribution in [0.25, 0.3) is 21.6 Å². The van der Waals surface area contributed by atoms with Crippen molar-refractivity contribution in [3.05, 3.63) is 54.4 Å². The lowest BCUT2D eigenvalue weighted by Gasteiger charge is -2.35. The molecular weight excluding hydrogens is 716 g/mol. The molecule has 1 saturated heterocycles. The second-order valence-electron chi connectivity index (χ2n) is 14.3. The third-order valence-electron chi connectivity index (χ3n) is 9.35. The van der Waals surface area contributed by atoms with E-state index in [4.69, 9.17) is 19.4 Å². The fraction of sp³-hybridized carbons (Fsp3) is 0.486. The smallest absolute Gasteiger partial charge is 0.407 e. The normalized spacial score (nSPS) is 23.4. The highest BCUT2D eigenvalue weighted by Crippen LogP contribution is 2.45. The number of alkyl halides is 1. The topological polar surface area (TPSA) is 186 Å². The summed E-state index contributed by atoms with van der Waals surface area (Å²) in [5.74, 6) is -2.62. The van der Waals surface area contributed by atoms with Crippen LogP contribution in [0.4, 0.5) is 9.18 Å². The van der Waals surface area contributed by atoms with Crippen LogP contribution in [0, 0.1) is 11.3 Å². The number of amides is 4. The number of rotatable bonds is 13. The first-order valence-electron chi connectivity index (χ1n) is 16.9. The predicted octanol–water partition coefficient (Wildman–Crippen LogP) is 3.49. The van der Waals surface area contributed by atoms with Gasteiger partial charge in [-0.2, -0.15) is 0 Å². The van der Waals surface area contributed by atoms with Gasteiger partial charge >= 0.3 is 6.09 Å². The molecule has 2 aromatic heterocycles. The van der Waals surface area contributed by atoms with Crippen LogP contribution in [0.2, 0.25) is 0 Å². The summed E-state index contributed by atoms with van der Waals surface area (Å²) in [4.78, 5) is 66.3. The van der Waals surface area contributed by atoms with Crippen LogP contribution in [0.15, 0.2) is 54.4 Å². The van der Waals surface area contributed by atoms with Gasteiger partial charge in [0.25, 0.3) is 5.91 Å². The molecule has 1 unspecified atom stereocenters. The Kier molecular flexibility index (Phi) is 10.3. The van der Waals surface area contributed by atoms with Crippen LogP contribution in [0.1, 0.15) is 46.5 Å². The minimum atomic E-state index is -3.93. The average molecular weight is 757 g/mol. The van der Waals surface area contributed by atoms with E-state index in [2.05, 4.69) is 21.9 Å². The first-order chi connectivity index (χ1) is 24.7. The van der Waals surface area contributed by atoms with E-state index in [1.807, 2.05) is 35.7 Å². The molecule has 17 heteroatoms. The number of halogens is 1. The average Bonchev–Trinajstić information content (AvgIpc) is 3.97. The minimum Gasteiger partial charge on any atom is -0.471 e. The van der Waals surface area contributed by atoms with Crippen molar-refractivity contribution in [1.82, 2.24) is 30.2 Å². The van der Waals surface area contributed by atoms with Crippen molar-refractivity contribution in [2.45, 2.75) is 75.4 Å². The van der Waals surface area contributed by atoms with E-state index in [-0.39, 0.29) is 25.3 Å². The van der Waals surface area contributed by atoms with Crippen molar-refractivity contribution in [1.29, 1.82) is 0 Å². The van der Waals surface area contributed by atoms with Crippen molar-refractivity contribution in [3.8, 4) is 16.5 Å².